The molecule has 1 fully saturated rings. The van der Waals surface area contributed by atoms with Crippen LogP contribution in [-0.2, 0) is 14.4 Å². The molecule has 8 heteroatoms. The molecule has 2 amide bonds. The summed E-state index contributed by atoms with van der Waals surface area (Å²) >= 11 is 0. The lowest BCUT2D eigenvalue weighted by molar-refractivity contribution is -0.142. The Labute approximate surface area is 274 Å². The average molecular weight is 645 g/mol. The van der Waals surface area contributed by atoms with Gasteiger partial charge < -0.3 is 15.7 Å². The van der Waals surface area contributed by atoms with Gasteiger partial charge >= 0.3 is 5.97 Å². The Morgan fingerprint density at radius 1 is 0.750 bits per heavy atom. The molecule has 246 valence electrons. The lowest BCUT2D eigenvalue weighted by atomic mass is 10.1. The Morgan fingerprint density at radius 2 is 1.34 bits per heavy atom. The molecule has 1 rings (SSSR count). The maximum atomic E-state index is 12.2. The lowest BCUT2D eigenvalue weighted by Gasteiger charge is -2.14. The van der Waals surface area contributed by atoms with Gasteiger partial charge in [-0.25, -0.2) is 4.79 Å². The van der Waals surface area contributed by atoms with E-state index in [-0.39, 0.29) is 18.2 Å². The summed E-state index contributed by atoms with van der Waals surface area (Å²) in [6, 6.07) is -0.893. The fourth-order valence-electron chi connectivity index (χ4n) is 4.39. The van der Waals surface area contributed by atoms with E-state index in [9.17, 15) is 19.5 Å². The Kier molecular flexibility index (Phi) is 26.3. The second-order valence-corrected chi connectivity index (χ2v) is 13.6. The number of amides is 2. The summed E-state index contributed by atoms with van der Waals surface area (Å²) in [6.07, 6.45) is 39.0. The maximum Gasteiger partial charge on any atom is 0.326 e. The molecule has 1 saturated heterocycles. The van der Waals surface area contributed by atoms with E-state index >= 15 is 0 Å². The third-order valence-electron chi connectivity index (χ3n) is 6.92. The number of hydrogen-bond acceptors (Lipinski definition) is 5. The Morgan fingerprint density at radius 3 is 1.89 bits per heavy atom. The zero-order valence-electron chi connectivity index (χ0n) is 26.8. The number of hydrogen-bond donors (Lipinski definition) is 3. The standard InChI is InChI=1S/C36H56N2O4S2/c1-2-3-4-5-6-7-8-9-10-11-12-13-14-15-16-17-18-19-20-28-35(40)38-33(36(41)42)26-23-24-30-37-34(39)27-22-21-25-32-29-31-43-44-32/h3-4,6-7,9-10,12-13,15-16,18-19,32-33H,2,5,8,11,14,17,20-31H2,1H3,(H,37,39)(H,38,40)(H,41,42)/t32-,33+/m1/s1. The average Bonchev–Trinajstić information content (AvgIpc) is 3.53. The second kappa shape index (κ2) is 29.3. The number of aliphatic carboxylic acids is 1. The zero-order chi connectivity index (χ0) is 31.9. The predicted octanol–water partition coefficient (Wildman–Crippen LogP) is 9.03. The quantitative estimate of drug-likeness (QED) is 0.0494. The molecule has 0 spiro atoms. The van der Waals surface area contributed by atoms with Crippen LogP contribution in [0.4, 0.5) is 0 Å². The molecule has 0 aromatic heterocycles. The molecule has 0 unspecified atom stereocenters. The first-order valence-electron chi connectivity index (χ1n) is 16.5. The molecule has 0 aromatic carbocycles. The van der Waals surface area contributed by atoms with Gasteiger partial charge in [0.2, 0.25) is 11.8 Å². The molecule has 0 aliphatic carbocycles. The van der Waals surface area contributed by atoms with E-state index in [1.807, 2.05) is 33.7 Å². The van der Waals surface area contributed by atoms with E-state index in [4.69, 9.17) is 0 Å². The van der Waals surface area contributed by atoms with Crippen molar-refractivity contribution in [2.45, 2.75) is 121 Å². The molecule has 0 aromatic rings. The molecule has 2 atom stereocenters. The summed E-state index contributed by atoms with van der Waals surface area (Å²) in [5.74, 6) is 0.0398. The minimum atomic E-state index is -1.02. The molecule has 44 heavy (non-hydrogen) atoms. The molecule has 0 radical (unpaired) electrons. The van der Waals surface area contributed by atoms with Crippen molar-refractivity contribution in [3.8, 4) is 0 Å². The molecular formula is C36H56N2O4S2. The van der Waals surface area contributed by atoms with Gasteiger partial charge in [0.25, 0.3) is 0 Å². The summed E-state index contributed by atoms with van der Waals surface area (Å²) in [5, 5.41) is 15.8. The molecule has 1 heterocycles. The topological polar surface area (TPSA) is 95.5 Å². The summed E-state index contributed by atoms with van der Waals surface area (Å²) < 4.78 is 0. The van der Waals surface area contributed by atoms with Gasteiger partial charge in [0, 0.05) is 30.4 Å². The number of carboxylic acid groups (broad SMARTS) is 1. The van der Waals surface area contributed by atoms with E-state index in [1.54, 1.807) is 0 Å². The summed E-state index contributed by atoms with van der Waals surface area (Å²) in [6.45, 7) is 2.68. The van der Waals surface area contributed by atoms with Crippen molar-refractivity contribution >= 4 is 39.4 Å². The first-order chi connectivity index (χ1) is 21.5. The van der Waals surface area contributed by atoms with Crippen molar-refractivity contribution in [1.82, 2.24) is 10.6 Å². The summed E-state index contributed by atoms with van der Waals surface area (Å²) in [7, 11) is 3.93. The predicted molar refractivity (Wildman–Crippen MR) is 191 cm³/mol. The number of rotatable bonds is 26. The molecule has 1 aliphatic heterocycles. The van der Waals surface area contributed by atoms with Gasteiger partial charge in [0.1, 0.15) is 6.04 Å². The Hall–Kier alpha value is -2.45. The largest absolute Gasteiger partial charge is 0.480 e. The van der Waals surface area contributed by atoms with E-state index < -0.39 is 12.0 Å². The van der Waals surface area contributed by atoms with Crippen LogP contribution in [0.1, 0.15) is 110 Å². The van der Waals surface area contributed by atoms with Crippen molar-refractivity contribution in [2.24, 2.45) is 0 Å². The lowest BCUT2D eigenvalue weighted by Crippen LogP contribution is -2.40. The van der Waals surface area contributed by atoms with Crippen molar-refractivity contribution < 1.29 is 19.5 Å². The van der Waals surface area contributed by atoms with Gasteiger partial charge in [0.05, 0.1) is 0 Å². The van der Waals surface area contributed by atoms with Crippen LogP contribution in [-0.4, -0.2) is 46.5 Å². The summed E-state index contributed by atoms with van der Waals surface area (Å²) in [4.78, 5) is 35.8. The first-order valence-corrected chi connectivity index (χ1v) is 18.9. The van der Waals surface area contributed by atoms with Crippen LogP contribution in [0.5, 0.6) is 0 Å². The zero-order valence-corrected chi connectivity index (χ0v) is 28.4. The van der Waals surface area contributed by atoms with Crippen LogP contribution in [0.25, 0.3) is 0 Å². The highest BCUT2D eigenvalue weighted by molar-refractivity contribution is 8.77. The maximum absolute atomic E-state index is 12.2. The van der Waals surface area contributed by atoms with Crippen LogP contribution in [0.3, 0.4) is 0 Å². The van der Waals surface area contributed by atoms with Crippen LogP contribution in [0.15, 0.2) is 72.9 Å². The number of carboxylic acids is 1. The minimum absolute atomic E-state index is 0.0657. The van der Waals surface area contributed by atoms with Gasteiger partial charge in [-0.05, 0) is 83.5 Å². The molecular weight excluding hydrogens is 589 g/mol. The number of nitrogens with one attached hydrogen (secondary N) is 2. The fraction of sp³-hybridized carbons (Fsp3) is 0.583. The SMILES string of the molecule is CCC=CCC=CCC=CCC=CCC=CCC=CCCC(=O)N[C@@H](CCCCNC(=O)CCCC[C@@H]1CCSS1)C(=O)O. The molecule has 0 bridgehead atoms. The highest BCUT2D eigenvalue weighted by Crippen LogP contribution is 2.39. The Bertz CT molecular complexity index is 950. The summed E-state index contributed by atoms with van der Waals surface area (Å²) in [5.41, 5.74) is 0. The second-order valence-electron chi connectivity index (χ2n) is 10.8. The molecule has 1 aliphatic rings. The van der Waals surface area contributed by atoms with E-state index in [2.05, 4.69) is 78.3 Å². The van der Waals surface area contributed by atoms with Gasteiger partial charge in [-0.3, -0.25) is 9.59 Å². The van der Waals surface area contributed by atoms with Crippen LogP contribution < -0.4 is 10.6 Å². The number of allylic oxidation sites excluding steroid dienone is 12. The van der Waals surface area contributed by atoms with Crippen molar-refractivity contribution in [3.63, 3.8) is 0 Å². The normalized spacial score (nSPS) is 16.4. The van der Waals surface area contributed by atoms with E-state index in [0.29, 0.717) is 38.6 Å². The fourth-order valence-corrected chi connectivity index (χ4v) is 7.42. The van der Waals surface area contributed by atoms with E-state index in [0.717, 1.165) is 56.6 Å². The molecule has 0 saturated carbocycles. The van der Waals surface area contributed by atoms with Crippen molar-refractivity contribution in [3.05, 3.63) is 72.9 Å². The monoisotopic (exact) mass is 644 g/mol. The Balaban J connectivity index is 2.03. The first kappa shape index (κ1) is 39.6. The minimum Gasteiger partial charge on any atom is -0.480 e. The van der Waals surface area contributed by atoms with E-state index in [1.165, 1.54) is 18.6 Å². The molecule has 6 nitrogen and oxygen atoms in total. The smallest absolute Gasteiger partial charge is 0.326 e. The van der Waals surface area contributed by atoms with Gasteiger partial charge in [0.15, 0.2) is 0 Å². The number of unbranched alkanes of at least 4 members (excludes halogenated alkanes) is 2. The third kappa shape index (κ3) is 24.9. The van der Waals surface area contributed by atoms with Crippen LogP contribution >= 0.6 is 21.6 Å². The van der Waals surface area contributed by atoms with Gasteiger partial charge in [-0.15, -0.1) is 0 Å². The number of carbonyl (C=O) groups excluding carboxylic acids is 2. The highest BCUT2D eigenvalue weighted by Gasteiger charge is 2.19. The molecule has 3 N–H and O–H groups in total. The van der Waals surface area contributed by atoms with Crippen LogP contribution in [0, 0.1) is 0 Å². The van der Waals surface area contributed by atoms with Gasteiger partial charge in [-0.1, -0.05) is 108 Å². The van der Waals surface area contributed by atoms with Crippen molar-refractivity contribution in [2.75, 3.05) is 12.3 Å². The highest BCUT2D eigenvalue weighted by atomic mass is 33.1. The van der Waals surface area contributed by atoms with Gasteiger partial charge in [-0.2, -0.15) is 0 Å². The van der Waals surface area contributed by atoms with Crippen molar-refractivity contribution in [1.29, 1.82) is 0 Å². The number of carbonyl (C=O) groups is 3. The third-order valence-corrected chi connectivity index (χ3v) is 9.92. The van der Waals surface area contributed by atoms with Crippen LogP contribution in [0.2, 0.25) is 0 Å².